The standard InChI is InChI=1S/C11H10BrNS/c1-2-8-5-9(12)3-4-10(8)11-6-14-7-13-11/h3-7H,2H2,1H3. The maximum atomic E-state index is 4.33. The van der Waals surface area contributed by atoms with Crippen molar-refractivity contribution in [2.45, 2.75) is 13.3 Å². The van der Waals surface area contributed by atoms with Gasteiger partial charge in [-0.15, -0.1) is 11.3 Å². The maximum absolute atomic E-state index is 4.33. The monoisotopic (exact) mass is 267 g/mol. The number of aromatic nitrogens is 1. The van der Waals surface area contributed by atoms with E-state index >= 15 is 0 Å². The highest BCUT2D eigenvalue weighted by Gasteiger charge is 2.05. The van der Waals surface area contributed by atoms with Crippen molar-refractivity contribution in [2.24, 2.45) is 0 Å². The zero-order valence-corrected chi connectivity index (χ0v) is 10.2. The van der Waals surface area contributed by atoms with Crippen LogP contribution in [0.25, 0.3) is 11.3 Å². The van der Waals surface area contributed by atoms with Crippen molar-refractivity contribution in [1.82, 2.24) is 4.98 Å². The Morgan fingerprint density at radius 1 is 1.43 bits per heavy atom. The van der Waals surface area contributed by atoms with E-state index in [2.05, 4.69) is 51.4 Å². The number of benzene rings is 1. The molecule has 2 aromatic rings. The van der Waals surface area contributed by atoms with Gasteiger partial charge in [0.2, 0.25) is 0 Å². The maximum Gasteiger partial charge on any atom is 0.0813 e. The molecular weight excluding hydrogens is 258 g/mol. The molecule has 3 heteroatoms. The van der Waals surface area contributed by atoms with E-state index in [-0.39, 0.29) is 0 Å². The van der Waals surface area contributed by atoms with Gasteiger partial charge in [-0.05, 0) is 24.1 Å². The lowest BCUT2D eigenvalue weighted by molar-refractivity contribution is 1.13. The van der Waals surface area contributed by atoms with Gasteiger partial charge < -0.3 is 0 Å². The largest absolute Gasteiger partial charge is 0.245 e. The molecule has 0 unspecified atom stereocenters. The smallest absolute Gasteiger partial charge is 0.0813 e. The van der Waals surface area contributed by atoms with Crippen LogP contribution in [0.2, 0.25) is 0 Å². The summed E-state index contributed by atoms with van der Waals surface area (Å²) in [6.07, 6.45) is 1.03. The van der Waals surface area contributed by atoms with Crippen LogP contribution >= 0.6 is 27.3 Å². The molecule has 0 atom stereocenters. The third-order valence-electron chi connectivity index (χ3n) is 2.16. The molecule has 0 bridgehead atoms. The van der Waals surface area contributed by atoms with Crippen LogP contribution in [-0.2, 0) is 6.42 Å². The SMILES string of the molecule is CCc1cc(Br)ccc1-c1cscn1. The molecule has 0 aliphatic rings. The Hall–Kier alpha value is -0.670. The normalized spacial score (nSPS) is 10.4. The number of hydrogen-bond acceptors (Lipinski definition) is 2. The van der Waals surface area contributed by atoms with E-state index in [9.17, 15) is 0 Å². The summed E-state index contributed by atoms with van der Waals surface area (Å²) >= 11 is 5.12. The first-order valence-corrected chi connectivity index (χ1v) is 6.22. The summed E-state index contributed by atoms with van der Waals surface area (Å²) in [5, 5.41) is 2.09. The van der Waals surface area contributed by atoms with E-state index in [0.29, 0.717) is 0 Å². The molecule has 1 nitrogen and oxygen atoms in total. The molecule has 0 N–H and O–H groups in total. The highest BCUT2D eigenvalue weighted by Crippen LogP contribution is 2.26. The second kappa shape index (κ2) is 4.24. The van der Waals surface area contributed by atoms with Crippen LogP contribution in [0.4, 0.5) is 0 Å². The number of nitrogens with zero attached hydrogens (tertiary/aromatic N) is 1. The molecule has 0 fully saturated rings. The summed E-state index contributed by atoms with van der Waals surface area (Å²) in [6, 6.07) is 6.35. The van der Waals surface area contributed by atoms with Gasteiger partial charge in [-0.25, -0.2) is 4.98 Å². The Kier molecular flexibility index (Phi) is 2.99. The van der Waals surface area contributed by atoms with Crippen molar-refractivity contribution in [3.8, 4) is 11.3 Å². The van der Waals surface area contributed by atoms with Gasteiger partial charge in [-0.3, -0.25) is 0 Å². The molecule has 1 aromatic heterocycles. The minimum absolute atomic E-state index is 1.03. The van der Waals surface area contributed by atoms with Crippen molar-refractivity contribution in [3.05, 3.63) is 39.1 Å². The van der Waals surface area contributed by atoms with Crippen molar-refractivity contribution < 1.29 is 0 Å². The van der Waals surface area contributed by atoms with Gasteiger partial charge in [0.05, 0.1) is 11.2 Å². The lowest BCUT2D eigenvalue weighted by Crippen LogP contribution is -1.87. The first-order chi connectivity index (χ1) is 6.81. The first-order valence-electron chi connectivity index (χ1n) is 4.48. The van der Waals surface area contributed by atoms with E-state index in [1.54, 1.807) is 11.3 Å². The van der Waals surface area contributed by atoms with Gasteiger partial charge in [0, 0.05) is 15.4 Å². The van der Waals surface area contributed by atoms with Crippen LogP contribution < -0.4 is 0 Å². The zero-order chi connectivity index (χ0) is 9.97. The number of thiazole rings is 1. The summed E-state index contributed by atoms with van der Waals surface area (Å²) in [7, 11) is 0. The molecule has 0 aliphatic heterocycles. The predicted octanol–water partition coefficient (Wildman–Crippen LogP) is 4.14. The van der Waals surface area contributed by atoms with Crippen molar-refractivity contribution in [1.29, 1.82) is 0 Å². The molecular formula is C11H10BrNS. The third kappa shape index (κ3) is 1.88. The average Bonchev–Trinajstić information content (AvgIpc) is 2.70. The molecule has 0 radical (unpaired) electrons. The summed E-state index contributed by atoms with van der Waals surface area (Å²) in [5.74, 6) is 0. The molecule has 0 saturated heterocycles. The van der Waals surface area contributed by atoms with Crippen molar-refractivity contribution in [3.63, 3.8) is 0 Å². The number of hydrogen-bond donors (Lipinski definition) is 0. The van der Waals surface area contributed by atoms with Crippen LogP contribution in [-0.4, -0.2) is 4.98 Å². The fraction of sp³-hybridized carbons (Fsp3) is 0.182. The van der Waals surface area contributed by atoms with Crippen LogP contribution in [0, 0.1) is 0 Å². The van der Waals surface area contributed by atoms with E-state index in [4.69, 9.17) is 0 Å². The minimum Gasteiger partial charge on any atom is -0.245 e. The van der Waals surface area contributed by atoms with Crippen LogP contribution in [0.5, 0.6) is 0 Å². The van der Waals surface area contributed by atoms with Gasteiger partial charge in [-0.1, -0.05) is 28.9 Å². The number of aryl methyl sites for hydroxylation is 1. The van der Waals surface area contributed by atoms with Gasteiger partial charge in [0.1, 0.15) is 0 Å². The Labute approximate surface area is 95.9 Å². The first kappa shape index (κ1) is 9.87. The molecule has 0 amide bonds. The quantitative estimate of drug-likeness (QED) is 0.797. The Morgan fingerprint density at radius 2 is 2.29 bits per heavy atom. The zero-order valence-electron chi connectivity index (χ0n) is 7.83. The molecule has 0 aliphatic carbocycles. The van der Waals surface area contributed by atoms with Crippen molar-refractivity contribution in [2.75, 3.05) is 0 Å². The van der Waals surface area contributed by atoms with Crippen molar-refractivity contribution >= 4 is 27.3 Å². The topological polar surface area (TPSA) is 12.9 Å². The number of rotatable bonds is 2. The lowest BCUT2D eigenvalue weighted by Gasteiger charge is -2.05. The lowest BCUT2D eigenvalue weighted by atomic mass is 10.0. The Balaban J connectivity index is 2.53. The molecule has 1 aromatic carbocycles. The molecule has 14 heavy (non-hydrogen) atoms. The van der Waals surface area contributed by atoms with Gasteiger partial charge >= 0.3 is 0 Å². The van der Waals surface area contributed by atoms with Crippen LogP contribution in [0.1, 0.15) is 12.5 Å². The van der Waals surface area contributed by atoms with Crippen LogP contribution in [0.15, 0.2) is 33.6 Å². The highest BCUT2D eigenvalue weighted by molar-refractivity contribution is 9.10. The molecule has 0 spiro atoms. The summed E-state index contributed by atoms with van der Waals surface area (Å²) in [6.45, 7) is 2.16. The van der Waals surface area contributed by atoms with Crippen LogP contribution in [0.3, 0.4) is 0 Å². The Bertz CT molecular complexity index is 423. The summed E-state index contributed by atoms with van der Waals surface area (Å²) in [4.78, 5) is 4.33. The molecule has 1 heterocycles. The molecule has 72 valence electrons. The minimum atomic E-state index is 1.03. The van der Waals surface area contributed by atoms with E-state index in [1.807, 2.05) is 5.51 Å². The fourth-order valence-corrected chi connectivity index (χ4v) is 2.41. The third-order valence-corrected chi connectivity index (χ3v) is 3.24. The Morgan fingerprint density at radius 3 is 2.93 bits per heavy atom. The molecule has 2 rings (SSSR count). The van der Waals surface area contributed by atoms with Gasteiger partial charge in [-0.2, -0.15) is 0 Å². The highest BCUT2D eigenvalue weighted by atomic mass is 79.9. The van der Waals surface area contributed by atoms with Gasteiger partial charge in [0.25, 0.3) is 0 Å². The van der Waals surface area contributed by atoms with E-state index in [1.165, 1.54) is 11.1 Å². The van der Waals surface area contributed by atoms with Gasteiger partial charge in [0.15, 0.2) is 0 Å². The van der Waals surface area contributed by atoms with E-state index < -0.39 is 0 Å². The predicted molar refractivity (Wildman–Crippen MR) is 64.6 cm³/mol. The second-order valence-corrected chi connectivity index (χ2v) is 4.66. The van der Waals surface area contributed by atoms with E-state index in [0.717, 1.165) is 16.6 Å². The summed E-state index contributed by atoms with van der Waals surface area (Å²) in [5.41, 5.74) is 5.54. The second-order valence-electron chi connectivity index (χ2n) is 3.03. The molecule has 0 saturated carbocycles. The summed E-state index contributed by atoms with van der Waals surface area (Å²) < 4.78 is 1.13. The fourth-order valence-electron chi connectivity index (χ4n) is 1.45. The number of halogens is 1. The average molecular weight is 268 g/mol.